The van der Waals surface area contributed by atoms with E-state index in [9.17, 15) is 10.4 Å². The van der Waals surface area contributed by atoms with E-state index >= 15 is 0 Å². The van der Waals surface area contributed by atoms with Crippen LogP contribution in [-0.2, 0) is 4.74 Å². The predicted octanol–water partition coefficient (Wildman–Crippen LogP) is 5.18. The SMILES string of the molecule is N#CC1=C(c2ccccc2)O[C@](O)(C(Cl)(Cl)Cl)C[C@@H]1c1ccccc1. The Morgan fingerprint density at radius 3 is 2.12 bits per heavy atom. The van der Waals surface area contributed by atoms with E-state index in [1.807, 2.05) is 36.4 Å². The second kappa shape index (κ2) is 6.90. The lowest BCUT2D eigenvalue weighted by molar-refractivity contribution is -0.166. The van der Waals surface area contributed by atoms with Crippen LogP contribution in [0.5, 0.6) is 0 Å². The van der Waals surface area contributed by atoms with Crippen LogP contribution in [0.4, 0.5) is 0 Å². The van der Waals surface area contributed by atoms with Crippen LogP contribution >= 0.6 is 34.8 Å². The molecule has 0 fully saturated rings. The van der Waals surface area contributed by atoms with Gasteiger partial charge in [-0.1, -0.05) is 95.5 Å². The number of nitrogens with zero attached hydrogens (tertiary/aromatic N) is 1. The molecular formula is C19H14Cl3NO2. The van der Waals surface area contributed by atoms with Gasteiger partial charge in [0.15, 0.2) is 0 Å². The molecule has 25 heavy (non-hydrogen) atoms. The zero-order valence-electron chi connectivity index (χ0n) is 13.0. The van der Waals surface area contributed by atoms with Crippen molar-refractivity contribution >= 4 is 40.6 Å². The third-order valence-corrected chi connectivity index (χ3v) is 5.03. The highest BCUT2D eigenvalue weighted by Gasteiger charge is 2.55. The summed E-state index contributed by atoms with van der Waals surface area (Å²) in [6, 6.07) is 20.5. The molecular weight excluding hydrogens is 381 g/mol. The van der Waals surface area contributed by atoms with Gasteiger partial charge in [0, 0.05) is 17.9 Å². The summed E-state index contributed by atoms with van der Waals surface area (Å²) < 4.78 is 3.61. The lowest BCUT2D eigenvalue weighted by atomic mass is 9.82. The average Bonchev–Trinajstić information content (AvgIpc) is 2.61. The second-order valence-electron chi connectivity index (χ2n) is 5.77. The van der Waals surface area contributed by atoms with E-state index in [4.69, 9.17) is 39.5 Å². The molecule has 0 bridgehead atoms. The molecule has 1 aliphatic heterocycles. The Morgan fingerprint density at radius 1 is 1.04 bits per heavy atom. The standard InChI is InChI=1S/C19H14Cl3NO2/c20-19(21,22)18(24)11-15(13-7-3-1-4-8-13)16(12-23)17(25-18)14-9-5-2-6-10-14/h1-10,15,24H,11H2/t15-,18+/m1/s1. The number of alkyl halides is 3. The Morgan fingerprint density at radius 2 is 1.60 bits per heavy atom. The second-order valence-corrected chi connectivity index (χ2v) is 8.05. The molecule has 0 spiro atoms. The third kappa shape index (κ3) is 3.49. The Bertz CT molecular complexity index is 825. The van der Waals surface area contributed by atoms with Crippen LogP contribution in [0.3, 0.4) is 0 Å². The normalized spacial score (nSPS) is 23.7. The van der Waals surface area contributed by atoms with Crippen molar-refractivity contribution in [1.82, 2.24) is 0 Å². The van der Waals surface area contributed by atoms with Crippen LogP contribution in [-0.4, -0.2) is 14.7 Å². The highest BCUT2D eigenvalue weighted by molar-refractivity contribution is 6.68. The zero-order valence-corrected chi connectivity index (χ0v) is 15.3. The summed E-state index contributed by atoms with van der Waals surface area (Å²) in [4.78, 5) is 0. The average molecular weight is 395 g/mol. The Kier molecular flexibility index (Phi) is 4.99. The first kappa shape index (κ1) is 18.1. The van der Waals surface area contributed by atoms with Crippen LogP contribution < -0.4 is 0 Å². The number of nitriles is 1. The van der Waals surface area contributed by atoms with Gasteiger partial charge in [-0.05, 0) is 5.56 Å². The summed E-state index contributed by atoms with van der Waals surface area (Å²) in [6.07, 6.45) is -0.0489. The minimum absolute atomic E-state index is 0.0489. The fourth-order valence-electron chi connectivity index (χ4n) is 2.88. The first-order valence-electron chi connectivity index (χ1n) is 7.58. The number of allylic oxidation sites excluding steroid dienone is 1. The Hall–Kier alpha value is -1.70. The molecule has 0 amide bonds. The summed E-state index contributed by atoms with van der Waals surface area (Å²) in [7, 11) is 0. The van der Waals surface area contributed by atoms with Crippen LogP contribution in [0, 0.1) is 11.3 Å². The van der Waals surface area contributed by atoms with Gasteiger partial charge in [0.1, 0.15) is 5.76 Å². The molecule has 0 unspecified atom stereocenters. The van der Waals surface area contributed by atoms with Crippen LogP contribution in [0.2, 0.25) is 0 Å². The Balaban J connectivity index is 2.21. The number of benzene rings is 2. The zero-order chi connectivity index (χ0) is 18.1. The number of ether oxygens (including phenoxy) is 1. The molecule has 1 aliphatic rings. The van der Waals surface area contributed by atoms with E-state index < -0.39 is 15.5 Å². The maximum atomic E-state index is 10.9. The van der Waals surface area contributed by atoms with E-state index in [1.165, 1.54) is 0 Å². The molecule has 0 saturated carbocycles. The molecule has 0 aliphatic carbocycles. The van der Waals surface area contributed by atoms with E-state index in [-0.39, 0.29) is 12.2 Å². The molecule has 1 heterocycles. The summed E-state index contributed by atoms with van der Waals surface area (Å²) in [6.45, 7) is 0. The molecule has 0 aromatic heterocycles. The molecule has 2 atom stereocenters. The van der Waals surface area contributed by atoms with Gasteiger partial charge >= 0.3 is 0 Å². The maximum Gasteiger partial charge on any atom is 0.256 e. The molecule has 0 radical (unpaired) electrons. The molecule has 3 rings (SSSR count). The highest BCUT2D eigenvalue weighted by atomic mass is 35.6. The predicted molar refractivity (Wildman–Crippen MR) is 99.1 cm³/mol. The number of rotatable bonds is 2. The van der Waals surface area contributed by atoms with Crippen molar-refractivity contribution in [2.24, 2.45) is 0 Å². The van der Waals surface area contributed by atoms with Crippen molar-refractivity contribution in [3.8, 4) is 6.07 Å². The van der Waals surface area contributed by atoms with Gasteiger partial charge in [0.2, 0.25) is 0 Å². The monoisotopic (exact) mass is 393 g/mol. The molecule has 0 saturated heterocycles. The first-order valence-corrected chi connectivity index (χ1v) is 8.72. The van der Waals surface area contributed by atoms with Gasteiger partial charge in [0.25, 0.3) is 9.58 Å². The fraction of sp³-hybridized carbons (Fsp3) is 0.211. The van der Waals surface area contributed by atoms with Crippen LogP contribution in [0.25, 0.3) is 5.76 Å². The number of aliphatic hydroxyl groups is 1. The summed E-state index contributed by atoms with van der Waals surface area (Å²) >= 11 is 18.0. The van der Waals surface area contributed by atoms with Gasteiger partial charge in [-0.2, -0.15) is 5.26 Å². The third-order valence-electron chi connectivity index (χ3n) is 4.15. The summed E-state index contributed by atoms with van der Waals surface area (Å²) in [5.74, 6) is -2.31. The lowest BCUT2D eigenvalue weighted by Gasteiger charge is -2.42. The van der Waals surface area contributed by atoms with Gasteiger partial charge in [-0.3, -0.25) is 0 Å². The van der Waals surface area contributed by atoms with Crippen molar-refractivity contribution in [2.45, 2.75) is 21.9 Å². The molecule has 6 heteroatoms. The van der Waals surface area contributed by atoms with Crippen molar-refractivity contribution < 1.29 is 9.84 Å². The minimum Gasteiger partial charge on any atom is -0.456 e. The summed E-state index contributed by atoms with van der Waals surface area (Å²) in [5.41, 5.74) is 1.85. The number of halogens is 3. The van der Waals surface area contributed by atoms with Gasteiger partial charge in [-0.15, -0.1) is 0 Å². The fourth-order valence-corrected chi connectivity index (χ4v) is 3.23. The van der Waals surface area contributed by atoms with Gasteiger partial charge in [-0.25, -0.2) is 0 Å². The minimum atomic E-state index is -2.08. The van der Waals surface area contributed by atoms with E-state index in [2.05, 4.69) is 6.07 Å². The molecule has 2 aromatic carbocycles. The summed E-state index contributed by atoms with van der Waals surface area (Å²) in [5, 5.41) is 20.7. The van der Waals surface area contributed by atoms with Gasteiger partial charge in [0.05, 0.1) is 11.6 Å². The van der Waals surface area contributed by atoms with Crippen LogP contribution in [0.15, 0.2) is 66.2 Å². The quantitative estimate of drug-likeness (QED) is 0.714. The lowest BCUT2D eigenvalue weighted by Crippen LogP contribution is -2.48. The molecule has 1 N–H and O–H groups in total. The van der Waals surface area contributed by atoms with Crippen molar-refractivity contribution in [3.05, 3.63) is 77.4 Å². The van der Waals surface area contributed by atoms with Gasteiger partial charge < -0.3 is 9.84 Å². The maximum absolute atomic E-state index is 10.9. The van der Waals surface area contributed by atoms with E-state index in [0.29, 0.717) is 11.1 Å². The molecule has 128 valence electrons. The van der Waals surface area contributed by atoms with E-state index in [0.717, 1.165) is 5.56 Å². The van der Waals surface area contributed by atoms with E-state index in [1.54, 1.807) is 24.3 Å². The highest BCUT2D eigenvalue weighted by Crippen LogP contribution is 2.52. The van der Waals surface area contributed by atoms with Crippen LogP contribution in [0.1, 0.15) is 23.5 Å². The number of hydrogen-bond donors (Lipinski definition) is 1. The smallest absolute Gasteiger partial charge is 0.256 e. The molecule has 3 nitrogen and oxygen atoms in total. The Labute approximate surface area is 161 Å². The van der Waals surface area contributed by atoms with Crippen molar-refractivity contribution in [3.63, 3.8) is 0 Å². The first-order chi connectivity index (χ1) is 11.9. The topological polar surface area (TPSA) is 53.2 Å². The van der Waals surface area contributed by atoms with Crippen molar-refractivity contribution in [2.75, 3.05) is 0 Å². The number of hydrogen-bond acceptors (Lipinski definition) is 3. The molecule has 2 aromatic rings. The van der Waals surface area contributed by atoms with Crippen molar-refractivity contribution in [1.29, 1.82) is 5.26 Å². The largest absolute Gasteiger partial charge is 0.456 e.